The Morgan fingerprint density at radius 3 is 2.81 bits per heavy atom. The number of rotatable bonds is 8. The molecule has 0 aliphatic heterocycles. The van der Waals surface area contributed by atoms with Gasteiger partial charge in [-0.15, -0.1) is 0 Å². The first-order valence-electron chi connectivity index (χ1n) is 6.69. The van der Waals surface area contributed by atoms with Crippen molar-refractivity contribution < 1.29 is 19.4 Å². The van der Waals surface area contributed by atoms with Crippen LogP contribution in [0.2, 0.25) is 0 Å². The Morgan fingerprint density at radius 1 is 1.38 bits per heavy atom. The Balaban J connectivity index is 2.41. The molecule has 1 aromatic carbocycles. The van der Waals surface area contributed by atoms with E-state index in [9.17, 15) is 9.59 Å². The third kappa shape index (κ3) is 7.17. The van der Waals surface area contributed by atoms with Crippen molar-refractivity contribution in [2.24, 2.45) is 0 Å². The lowest BCUT2D eigenvalue weighted by Gasteiger charge is -2.14. The van der Waals surface area contributed by atoms with Gasteiger partial charge in [-0.25, -0.2) is 9.59 Å². The van der Waals surface area contributed by atoms with Gasteiger partial charge in [-0.1, -0.05) is 13.0 Å². The molecule has 116 valence electrons. The first-order chi connectivity index (χ1) is 10.0. The molecule has 0 aliphatic carbocycles. The highest BCUT2D eigenvalue weighted by molar-refractivity contribution is 5.89. The van der Waals surface area contributed by atoms with Crippen LogP contribution in [0.25, 0.3) is 0 Å². The molecule has 0 heterocycles. The summed E-state index contributed by atoms with van der Waals surface area (Å²) in [4.78, 5) is 24.2. The molecule has 0 aromatic heterocycles. The summed E-state index contributed by atoms with van der Waals surface area (Å²) in [6, 6.07) is 6.27. The number of carboxylic acid groups (broad SMARTS) is 1. The molecule has 0 unspecified atom stereocenters. The smallest absolute Gasteiger partial charge is 0.341 e. The molecule has 0 radical (unpaired) electrons. The van der Waals surface area contributed by atoms with Crippen LogP contribution >= 0.6 is 0 Å². The van der Waals surface area contributed by atoms with Crippen LogP contribution in [0.1, 0.15) is 6.92 Å². The standard InChI is InChI=1S/C14H21N3O4/c1-3-17(2)8-7-15-14(20)16-11-5-4-6-12(9-11)21-10-13(18)19/h4-6,9H,3,7-8,10H2,1-2H3,(H,18,19)(H2,15,16,20). The number of amides is 2. The molecule has 0 saturated carbocycles. The van der Waals surface area contributed by atoms with E-state index in [1.807, 2.05) is 14.0 Å². The molecule has 21 heavy (non-hydrogen) atoms. The first-order valence-corrected chi connectivity index (χ1v) is 6.69. The molecule has 3 N–H and O–H groups in total. The molecule has 0 saturated heterocycles. The lowest BCUT2D eigenvalue weighted by Crippen LogP contribution is -2.35. The zero-order valence-electron chi connectivity index (χ0n) is 12.3. The number of hydrogen-bond acceptors (Lipinski definition) is 4. The number of hydrogen-bond donors (Lipinski definition) is 3. The topological polar surface area (TPSA) is 90.9 Å². The van der Waals surface area contributed by atoms with Gasteiger partial charge < -0.3 is 25.4 Å². The summed E-state index contributed by atoms with van der Waals surface area (Å²) in [6.07, 6.45) is 0. The molecule has 1 aromatic rings. The van der Waals surface area contributed by atoms with Gasteiger partial charge in [0.05, 0.1) is 0 Å². The molecule has 0 spiro atoms. The van der Waals surface area contributed by atoms with E-state index < -0.39 is 12.6 Å². The molecule has 7 heteroatoms. The van der Waals surface area contributed by atoms with Crippen LogP contribution in [-0.4, -0.2) is 55.3 Å². The van der Waals surface area contributed by atoms with Crippen LogP contribution in [0.5, 0.6) is 5.75 Å². The fourth-order valence-corrected chi connectivity index (χ4v) is 1.50. The van der Waals surface area contributed by atoms with E-state index >= 15 is 0 Å². The Hall–Kier alpha value is -2.28. The summed E-state index contributed by atoms with van der Waals surface area (Å²) in [7, 11) is 1.98. The van der Waals surface area contributed by atoms with Crippen LogP contribution in [0.3, 0.4) is 0 Å². The van der Waals surface area contributed by atoms with E-state index in [1.165, 1.54) is 0 Å². The number of urea groups is 1. The van der Waals surface area contributed by atoms with Crippen molar-refractivity contribution in [1.29, 1.82) is 0 Å². The number of carboxylic acids is 1. The second-order valence-electron chi connectivity index (χ2n) is 4.49. The second kappa shape index (κ2) is 8.80. The number of ether oxygens (including phenoxy) is 1. The van der Waals surface area contributed by atoms with Crippen molar-refractivity contribution in [3.05, 3.63) is 24.3 Å². The molecule has 0 aliphatic rings. The van der Waals surface area contributed by atoms with Gasteiger partial charge in [-0.3, -0.25) is 0 Å². The summed E-state index contributed by atoms with van der Waals surface area (Å²) in [5, 5.41) is 13.9. The van der Waals surface area contributed by atoms with Crippen molar-refractivity contribution in [1.82, 2.24) is 10.2 Å². The minimum Gasteiger partial charge on any atom is -0.482 e. The molecule has 7 nitrogen and oxygen atoms in total. The van der Waals surface area contributed by atoms with Crippen molar-refractivity contribution in [2.75, 3.05) is 38.6 Å². The number of nitrogens with one attached hydrogen (secondary N) is 2. The molecule has 0 fully saturated rings. The Morgan fingerprint density at radius 2 is 2.14 bits per heavy atom. The molecule has 2 amide bonds. The minimum atomic E-state index is -1.05. The fraction of sp³-hybridized carbons (Fsp3) is 0.429. The lowest BCUT2D eigenvalue weighted by atomic mass is 10.3. The van der Waals surface area contributed by atoms with Crippen LogP contribution in [-0.2, 0) is 4.79 Å². The maximum absolute atomic E-state index is 11.7. The summed E-state index contributed by atoms with van der Waals surface area (Å²) in [5.41, 5.74) is 0.541. The Labute approximate surface area is 123 Å². The Bertz CT molecular complexity index is 479. The van der Waals surface area contributed by atoms with Gasteiger partial charge in [0, 0.05) is 24.8 Å². The van der Waals surface area contributed by atoms with Crippen molar-refractivity contribution >= 4 is 17.7 Å². The van der Waals surface area contributed by atoms with Gasteiger partial charge in [0.15, 0.2) is 6.61 Å². The highest BCUT2D eigenvalue weighted by atomic mass is 16.5. The van der Waals surface area contributed by atoms with Gasteiger partial charge in [0.25, 0.3) is 0 Å². The SMILES string of the molecule is CCN(C)CCNC(=O)Nc1cccc(OCC(=O)O)c1. The maximum atomic E-state index is 11.7. The minimum absolute atomic E-state index is 0.310. The highest BCUT2D eigenvalue weighted by Gasteiger charge is 2.04. The van der Waals surface area contributed by atoms with Crippen molar-refractivity contribution in [3.63, 3.8) is 0 Å². The number of aliphatic carboxylic acids is 1. The number of carbonyl (C=O) groups excluding carboxylic acids is 1. The largest absolute Gasteiger partial charge is 0.482 e. The molecular weight excluding hydrogens is 274 g/mol. The van der Waals surface area contributed by atoms with Gasteiger partial charge in [0.2, 0.25) is 0 Å². The summed E-state index contributed by atoms with van der Waals surface area (Å²) in [5.74, 6) is -0.660. The van der Waals surface area contributed by atoms with Gasteiger partial charge in [0.1, 0.15) is 5.75 Å². The zero-order chi connectivity index (χ0) is 15.7. The zero-order valence-corrected chi connectivity index (χ0v) is 12.3. The van der Waals surface area contributed by atoms with Gasteiger partial charge >= 0.3 is 12.0 Å². The Kier molecular flexibility index (Phi) is 7.03. The number of anilines is 1. The van der Waals surface area contributed by atoms with E-state index in [0.29, 0.717) is 18.0 Å². The molecular formula is C14H21N3O4. The summed E-state index contributed by atoms with van der Waals surface area (Å²) >= 11 is 0. The van der Waals surface area contributed by atoms with Crippen molar-refractivity contribution in [2.45, 2.75) is 6.92 Å². The molecule has 1 rings (SSSR count). The second-order valence-corrected chi connectivity index (χ2v) is 4.49. The average Bonchev–Trinajstić information content (AvgIpc) is 2.45. The quantitative estimate of drug-likeness (QED) is 0.671. The summed E-state index contributed by atoms with van der Waals surface area (Å²) in [6.45, 7) is 3.87. The average molecular weight is 295 g/mol. The van der Waals surface area contributed by atoms with E-state index in [2.05, 4.69) is 15.5 Å². The monoisotopic (exact) mass is 295 g/mol. The highest BCUT2D eigenvalue weighted by Crippen LogP contribution is 2.17. The van der Waals surface area contributed by atoms with E-state index in [1.54, 1.807) is 24.3 Å². The van der Waals surface area contributed by atoms with Gasteiger partial charge in [-0.05, 0) is 25.7 Å². The van der Waals surface area contributed by atoms with Crippen LogP contribution < -0.4 is 15.4 Å². The van der Waals surface area contributed by atoms with E-state index in [-0.39, 0.29) is 6.03 Å². The van der Waals surface area contributed by atoms with Crippen LogP contribution in [0, 0.1) is 0 Å². The third-order valence-electron chi connectivity index (χ3n) is 2.77. The summed E-state index contributed by atoms with van der Waals surface area (Å²) < 4.78 is 5.04. The number of benzene rings is 1. The van der Waals surface area contributed by atoms with E-state index in [0.717, 1.165) is 13.1 Å². The number of nitrogens with zero attached hydrogens (tertiary/aromatic N) is 1. The van der Waals surface area contributed by atoms with E-state index in [4.69, 9.17) is 9.84 Å². The van der Waals surface area contributed by atoms with Crippen molar-refractivity contribution in [3.8, 4) is 5.75 Å². The van der Waals surface area contributed by atoms with Gasteiger partial charge in [-0.2, -0.15) is 0 Å². The van der Waals surface area contributed by atoms with Crippen LogP contribution in [0.15, 0.2) is 24.3 Å². The normalized spacial score (nSPS) is 10.2. The predicted octanol–water partition coefficient (Wildman–Crippen LogP) is 1.22. The molecule has 0 atom stereocenters. The predicted molar refractivity (Wildman–Crippen MR) is 79.8 cm³/mol. The third-order valence-corrected chi connectivity index (χ3v) is 2.77. The number of likely N-dealkylation sites (N-methyl/N-ethyl adjacent to an activating group) is 1. The molecule has 0 bridgehead atoms. The lowest BCUT2D eigenvalue weighted by molar-refractivity contribution is -0.139. The van der Waals surface area contributed by atoms with Crippen LogP contribution in [0.4, 0.5) is 10.5 Å². The first kappa shape index (κ1) is 16.8. The fourth-order valence-electron chi connectivity index (χ4n) is 1.50. The number of carbonyl (C=O) groups is 2. The maximum Gasteiger partial charge on any atom is 0.341 e.